The second kappa shape index (κ2) is 8.04. The maximum atomic E-state index is 13.0. The van der Waals surface area contributed by atoms with E-state index in [0.29, 0.717) is 30.6 Å². The van der Waals surface area contributed by atoms with E-state index in [4.69, 9.17) is 5.11 Å². The summed E-state index contributed by atoms with van der Waals surface area (Å²) in [6.45, 7) is 0.324. The van der Waals surface area contributed by atoms with E-state index in [1.807, 2.05) is 0 Å². The molecule has 28 heavy (non-hydrogen) atoms. The lowest BCUT2D eigenvalue weighted by Crippen LogP contribution is -2.25. The molecular formula is C19H20F3N3O3. The van der Waals surface area contributed by atoms with Gasteiger partial charge < -0.3 is 10.4 Å². The van der Waals surface area contributed by atoms with Crippen LogP contribution >= 0.6 is 0 Å². The molecule has 6 nitrogen and oxygen atoms in total. The third kappa shape index (κ3) is 4.71. The molecule has 1 amide bonds. The number of hydrogen-bond acceptors (Lipinski definition) is 3. The Labute approximate surface area is 159 Å². The van der Waals surface area contributed by atoms with Crippen molar-refractivity contribution in [3.63, 3.8) is 0 Å². The van der Waals surface area contributed by atoms with E-state index >= 15 is 0 Å². The molecule has 0 spiro atoms. The van der Waals surface area contributed by atoms with Crippen molar-refractivity contribution in [2.75, 3.05) is 6.54 Å². The number of carbonyl (C=O) groups excluding carboxylic acids is 1. The number of halogens is 3. The van der Waals surface area contributed by atoms with Crippen molar-refractivity contribution in [2.45, 2.75) is 44.2 Å². The Hall–Kier alpha value is -2.84. The van der Waals surface area contributed by atoms with Crippen molar-refractivity contribution in [3.05, 3.63) is 47.3 Å². The largest absolute Gasteiger partial charge is 0.481 e. The molecule has 2 N–H and O–H groups in total. The molecule has 1 aliphatic carbocycles. The smallest absolute Gasteiger partial charge is 0.416 e. The number of nitrogens with zero attached hydrogens (tertiary/aromatic N) is 2. The second-order valence-electron chi connectivity index (χ2n) is 6.78. The first-order valence-corrected chi connectivity index (χ1v) is 9.03. The lowest BCUT2D eigenvalue weighted by atomic mass is 10.1. The number of alkyl halides is 3. The summed E-state index contributed by atoms with van der Waals surface area (Å²) in [5.41, 5.74) is 0.449. The van der Waals surface area contributed by atoms with Gasteiger partial charge in [-0.2, -0.15) is 18.3 Å². The van der Waals surface area contributed by atoms with Crippen LogP contribution in [-0.2, 0) is 11.0 Å². The molecule has 1 aliphatic rings. The molecule has 1 heterocycles. The fourth-order valence-electron chi connectivity index (χ4n) is 3.00. The molecule has 0 atom stereocenters. The van der Waals surface area contributed by atoms with Gasteiger partial charge in [-0.15, -0.1) is 0 Å². The molecule has 1 saturated carbocycles. The summed E-state index contributed by atoms with van der Waals surface area (Å²) in [5.74, 6) is -1.15. The average molecular weight is 395 g/mol. The van der Waals surface area contributed by atoms with Crippen LogP contribution in [0.2, 0.25) is 0 Å². The molecular weight excluding hydrogens is 375 g/mol. The molecule has 0 radical (unpaired) electrons. The maximum absolute atomic E-state index is 13.0. The Morgan fingerprint density at radius 3 is 2.64 bits per heavy atom. The van der Waals surface area contributed by atoms with Gasteiger partial charge in [-0.1, -0.05) is 6.07 Å². The number of benzene rings is 1. The van der Waals surface area contributed by atoms with Crippen LogP contribution < -0.4 is 5.32 Å². The van der Waals surface area contributed by atoms with Crippen molar-refractivity contribution in [3.8, 4) is 5.69 Å². The Morgan fingerprint density at radius 1 is 1.25 bits per heavy atom. The summed E-state index contributed by atoms with van der Waals surface area (Å²) < 4.78 is 40.4. The molecule has 0 unspecified atom stereocenters. The van der Waals surface area contributed by atoms with E-state index in [1.165, 1.54) is 23.0 Å². The number of carboxylic acids is 1. The van der Waals surface area contributed by atoms with Crippen LogP contribution in [0, 0.1) is 0 Å². The van der Waals surface area contributed by atoms with Gasteiger partial charge in [0.25, 0.3) is 5.91 Å². The lowest BCUT2D eigenvalue weighted by Gasteiger charge is -2.12. The summed E-state index contributed by atoms with van der Waals surface area (Å²) in [7, 11) is 0. The van der Waals surface area contributed by atoms with Gasteiger partial charge in [0.05, 0.1) is 28.7 Å². The first-order chi connectivity index (χ1) is 13.3. The third-order valence-electron chi connectivity index (χ3n) is 4.54. The molecule has 1 fully saturated rings. The molecule has 0 saturated heterocycles. The highest BCUT2D eigenvalue weighted by Crippen LogP contribution is 2.42. The van der Waals surface area contributed by atoms with Crippen molar-refractivity contribution in [1.82, 2.24) is 15.1 Å². The van der Waals surface area contributed by atoms with Gasteiger partial charge in [0, 0.05) is 18.9 Å². The highest BCUT2D eigenvalue weighted by Gasteiger charge is 2.34. The number of aliphatic carboxylic acids is 1. The molecule has 9 heteroatoms. The number of carbonyl (C=O) groups is 2. The van der Waals surface area contributed by atoms with Gasteiger partial charge in [-0.25, -0.2) is 4.68 Å². The number of hydrogen-bond donors (Lipinski definition) is 2. The van der Waals surface area contributed by atoms with E-state index in [0.717, 1.165) is 25.0 Å². The Morgan fingerprint density at radius 2 is 2.00 bits per heavy atom. The predicted molar refractivity (Wildman–Crippen MR) is 94.4 cm³/mol. The number of amides is 1. The zero-order chi connectivity index (χ0) is 20.3. The number of rotatable bonds is 8. The van der Waals surface area contributed by atoms with E-state index in [-0.39, 0.29) is 23.9 Å². The summed E-state index contributed by atoms with van der Waals surface area (Å²) in [4.78, 5) is 23.0. The van der Waals surface area contributed by atoms with Gasteiger partial charge in [0.1, 0.15) is 0 Å². The van der Waals surface area contributed by atoms with Crippen molar-refractivity contribution in [1.29, 1.82) is 0 Å². The highest BCUT2D eigenvalue weighted by molar-refractivity contribution is 5.95. The first kappa shape index (κ1) is 19.9. The molecule has 2 aromatic rings. The number of aromatic nitrogens is 2. The molecule has 1 aromatic carbocycles. The van der Waals surface area contributed by atoms with Crippen LogP contribution in [0.5, 0.6) is 0 Å². The van der Waals surface area contributed by atoms with E-state index in [1.54, 1.807) is 0 Å². The van der Waals surface area contributed by atoms with Crippen molar-refractivity contribution < 1.29 is 27.9 Å². The number of unbranched alkanes of at least 4 members (excludes halogenated alkanes) is 1. The van der Waals surface area contributed by atoms with Crippen LogP contribution in [0.15, 0.2) is 30.5 Å². The second-order valence-corrected chi connectivity index (χ2v) is 6.78. The zero-order valence-electron chi connectivity index (χ0n) is 15.0. The molecule has 150 valence electrons. The Balaban J connectivity index is 1.78. The van der Waals surface area contributed by atoms with E-state index in [9.17, 15) is 22.8 Å². The van der Waals surface area contributed by atoms with E-state index < -0.39 is 17.7 Å². The fraction of sp³-hybridized carbons (Fsp3) is 0.421. The third-order valence-corrected chi connectivity index (χ3v) is 4.54. The summed E-state index contributed by atoms with van der Waals surface area (Å²) in [6, 6.07) is 4.86. The van der Waals surface area contributed by atoms with Gasteiger partial charge >= 0.3 is 12.1 Å². The quantitative estimate of drug-likeness (QED) is 0.667. The maximum Gasteiger partial charge on any atom is 0.416 e. The molecule has 0 bridgehead atoms. The number of nitrogens with one attached hydrogen (secondary N) is 1. The minimum absolute atomic E-state index is 0.0384. The fourth-order valence-corrected chi connectivity index (χ4v) is 3.00. The normalized spacial score (nSPS) is 14.1. The monoisotopic (exact) mass is 395 g/mol. The molecule has 3 rings (SSSR count). The Bertz CT molecular complexity index is 873. The highest BCUT2D eigenvalue weighted by atomic mass is 19.4. The van der Waals surface area contributed by atoms with Crippen LogP contribution in [0.1, 0.15) is 59.6 Å². The van der Waals surface area contributed by atoms with Crippen molar-refractivity contribution in [2.24, 2.45) is 0 Å². The lowest BCUT2D eigenvalue weighted by molar-refractivity contribution is -0.138. The van der Waals surface area contributed by atoms with Crippen LogP contribution in [0.3, 0.4) is 0 Å². The summed E-state index contributed by atoms with van der Waals surface area (Å²) in [5, 5.41) is 15.5. The topological polar surface area (TPSA) is 84.2 Å². The number of carboxylic acid groups (broad SMARTS) is 1. The first-order valence-electron chi connectivity index (χ1n) is 9.03. The minimum Gasteiger partial charge on any atom is -0.481 e. The van der Waals surface area contributed by atoms with Crippen LogP contribution in [0.25, 0.3) is 5.69 Å². The average Bonchev–Trinajstić information content (AvgIpc) is 3.38. The Kier molecular flexibility index (Phi) is 5.71. The SMILES string of the molecule is O=C(O)CCCCNC(=O)c1cnn(-c2cccc(C(F)(F)F)c2)c1C1CC1. The zero-order valence-corrected chi connectivity index (χ0v) is 15.0. The predicted octanol–water partition coefficient (Wildman–Crippen LogP) is 3.75. The standard InChI is InChI=1S/C19H20F3N3O3/c20-19(21,22)13-4-3-5-14(10-13)25-17(12-7-8-12)15(11-24-25)18(28)23-9-2-1-6-16(26)27/h3-5,10-12H,1-2,6-9H2,(H,23,28)(H,26,27). The van der Waals surface area contributed by atoms with Crippen LogP contribution in [0.4, 0.5) is 13.2 Å². The van der Waals surface area contributed by atoms with E-state index in [2.05, 4.69) is 10.4 Å². The van der Waals surface area contributed by atoms with Crippen LogP contribution in [-0.4, -0.2) is 33.3 Å². The van der Waals surface area contributed by atoms with Gasteiger partial charge in [0.2, 0.25) is 0 Å². The molecule has 0 aliphatic heterocycles. The molecule has 1 aromatic heterocycles. The summed E-state index contributed by atoms with van der Waals surface area (Å²) >= 11 is 0. The van der Waals surface area contributed by atoms with Gasteiger partial charge in [0.15, 0.2) is 0 Å². The van der Waals surface area contributed by atoms with Gasteiger partial charge in [-0.3, -0.25) is 9.59 Å². The minimum atomic E-state index is -4.46. The van der Waals surface area contributed by atoms with Gasteiger partial charge in [-0.05, 0) is 43.9 Å². The summed E-state index contributed by atoms with van der Waals surface area (Å²) in [6.07, 6.45) is -0.365. The van der Waals surface area contributed by atoms with Crippen molar-refractivity contribution >= 4 is 11.9 Å².